The van der Waals surface area contributed by atoms with Crippen LogP contribution in [0.15, 0.2) is 78.7 Å². The summed E-state index contributed by atoms with van der Waals surface area (Å²) in [6.07, 6.45) is 6.69. The van der Waals surface area contributed by atoms with Crippen molar-refractivity contribution in [3.63, 3.8) is 0 Å². The first-order chi connectivity index (χ1) is 18.7. The van der Waals surface area contributed by atoms with Crippen molar-refractivity contribution < 1.29 is 4.74 Å². The number of thiophene rings is 1. The second-order valence-electron chi connectivity index (χ2n) is 8.26. The lowest BCUT2D eigenvalue weighted by atomic mass is 10.2. The molecule has 0 spiro atoms. The summed E-state index contributed by atoms with van der Waals surface area (Å²) >= 11 is 1.61. The fraction of sp³-hybridized carbons (Fsp3) is 0.0741. The summed E-state index contributed by atoms with van der Waals surface area (Å²) in [6, 6.07) is 15.1. The number of nitrogens with one attached hydrogen (secondary N) is 2. The van der Waals surface area contributed by atoms with Crippen LogP contribution in [-0.2, 0) is 0 Å². The topological polar surface area (TPSA) is 124 Å². The zero-order valence-corrected chi connectivity index (χ0v) is 21.3. The monoisotopic (exact) mass is 519 g/mol. The van der Waals surface area contributed by atoms with E-state index >= 15 is 0 Å². The van der Waals surface area contributed by atoms with Gasteiger partial charge in [-0.05, 0) is 66.4 Å². The zero-order valence-electron chi connectivity index (χ0n) is 20.5. The Morgan fingerprint density at radius 3 is 2.47 bits per heavy atom. The number of anilines is 3. The summed E-state index contributed by atoms with van der Waals surface area (Å²) in [4.78, 5) is 23.2. The van der Waals surface area contributed by atoms with Crippen molar-refractivity contribution >= 4 is 39.8 Å². The lowest BCUT2D eigenvalue weighted by Crippen LogP contribution is -2.01. The Kier molecular flexibility index (Phi) is 6.24. The van der Waals surface area contributed by atoms with E-state index in [1.165, 1.54) is 5.56 Å². The van der Waals surface area contributed by atoms with Gasteiger partial charge in [0, 0.05) is 37.5 Å². The van der Waals surface area contributed by atoms with Crippen LogP contribution in [-0.4, -0.2) is 42.2 Å². The molecule has 1 aromatic carbocycles. The first kappa shape index (κ1) is 23.4. The molecular formula is C27H21N9OS. The van der Waals surface area contributed by atoms with Gasteiger partial charge in [0.25, 0.3) is 0 Å². The molecule has 10 nitrogen and oxygen atoms in total. The van der Waals surface area contributed by atoms with Crippen molar-refractivity contribution in [1.29, 1.82) is 0 Å². The third-order valence-electron chi connectivity index (χ3n) is 5.62. The summed E-state index contributed by atoms with van der Waals surface area (Å²) in [5, 5.41) is 17.2. The lowest BCUT2D eigenvalue weighted by molar-refractivity contribution is 0.465. The minimum Gasteiger partial charge on any atom is -0.438 e. The molecule has 2 N–H and O–H groups in total. The molecule has 186 valence electrons. The SMILES string of the molecule is CNc1nccc(-c2cccnc2Oc2ccc(Nc3nnc(-c4cc(C)cs4)c4nccnc34)cc2)n1. The van der Waals surface area contributed by atoms with Crippen LogP contribution in [0, 0.1) is 6.92 Å². The molecule has 0 aliphatic heterocycles. The van der Waals surface area contributed by atoms with E-state index in [0.29, 0.717) is 40.1 Å². The molecule has 0 amide bonds. The first-order valence-corrected chi connectivity index (χ1v) is 12.6. The van der Waals surface area contributed by atoms with Crippen LogP contribution in [0.1, 0.15) is 5.56 Å². The highest BCUT2D eigenvalue weighted by atomic mass is 32.1. The number of pyridine rings is 1. The van der Waals surface area contributed by atoms with Crippen LogP contribution in [0.2, 0.25) is 0 Å². The molecule has 38 heavy (non-hydrogen) atoms. The molecule has 0 bridgehead atoms. The van der Waals surface area contributed by atoms with E-state index in [0.717, 1.165) is 21.8 Å². The molecule has 0 aliphatic rings. The molecule has 5 heterocycles. The summed E-state index contributed by atoms with van der Waals surface area (Å²) in [7, 11) is 1.77. The maximum Gasteiger partial charge on any atom is 0.228 e. The third-order valence-corrected chi connectivity index (χ3v) is 6.67. The molecule has 0 unspecified atom stereocenters. The lowest BCUT2D eigenvalue weighted by Gasteiger charge is -2.12. The van der Waals surface area contributed by atoms with E-state index in [2.05, 4.69) is 64.1 Å². The number of rotatable bonds is 7. The minimum atomic E-state index is 0.445. The Hall–Kier alpha value is -5.03. The normalized spacial score (nSPS) is 10.9. The number of hydrogen-bond donors (Lipinski definition) is 2. The summed E-state index contributed by atoms with van der Waals surface area (Å²) in [6.45, 7) is 2.05. The van der Waals surface area contributed by atoms with Crippen molar-refractivity contribution in [3.05, 3.63) is 84.3 Å². The predicted molar refractivity (Wildman–Crippen MR) is 148 cm³/mol. The quantitative estimate of drug-likeness (QED) is 0.264. The molecule has 11 heteroatoms. The van der Waals surface area contributed by atoms with Crippen molar-refractivity contribution in [2.24, 2.45) is 0 Å². The van der Waals surface area contributed by atoms with E-state index < -0.39 is 0 Å². The summed E-state index contributed by atoms with van der Waals surface area (Å²) < 4.78 is 6.11. The van der Waals surface area contributed by atoms with Crippen LogP contribution < -0.4 is 15.4 Å². The highest BCUT2D eigenvalue weighted by Crippen LogP contribution is 2.33. The van der Waals surface area contributed by atoms with E-state index in [4.69, 9.17) is 4.74 Å². The van der Waals surface area contributed by atoms with Gasteiger partial charge < -0.3 is 15.4 Å². The van der Waals surface area contributed by atoms with Crippen LogP contribution in [0.3, 0.4) is 0 Å². The summed E-state index contributed by atoms with van der Waals surface area (Å²) in [5.41, 5.74) is 5.50. The Morgan fingerprint density at radius 2 is 1.68 bits per heavy atom. The second-order valence-corrected chi connectivity index (χ2v) is 9.17. The van der Waals surface area contributed by atoms with Crippen LogP contribution in [0.4, 0.5) is 17.5 Å². The largest absolute Gasteiger partial charge is 0.438 e. The number of fused-ring (bicyclic) bond motifs is 1. The molecule has 0 aliphatic carbocycles. The number of hydrogen-bond acceptors (Lipinski definition) is 11. The van der Waals surface area contributed by atoms with Crippen LogP contribution in [0.25, 0.3) is 32.9 Å². The smallest absolute Gasteiger partial charge is 0.228 e. The Labute approximate surface area is 221 Å². The minimum absolute atomic E-state index is 0.445. The van der Waals surface area contributed by atoms with Crippen LogP contribution in [0.5, 0.6) is 11.6 Å². The molecule has 6 rings (SSSR count). The standard InChI is InChI=1S/C27H21N9OS/c1-16-14-21(38-15-16)22-23-24(30-13-12-29-23)25(36-35-22)33-17-5-7-18(8-6-17)37-26-19(4-3-10-31-26)20-9-11-32-27(28-2)34-20/h3-15H,1-2H3,(H,33,36)(H,28,32,34). The summed E-state index contributed by atoms with van der Waals surface area (Å²) in [5.74, 6) is 2.11. The fourth-order valence-corrected chi connectivity index (χ4v) is 4.72. The van der Waals surface area contributed by atoms with Crippen molar-refractivity contribution in [2.75, 3.05) is 17.7 Å². The first-order valence-electron chi connectivity index (χ1n) is 11.7. The van der Waals surface area contributed by atoms with Crippen molar-refractivity contribution in [1.82, 2.24) is 35.1 Å². The Bertz CT molecular complexity index is 1740. The maximum atomic E-state index is 6.11. The van der Waals surface area contributed by atoms with Gasteiger partial charge in [-0.2, -0.15) is 0 Å². The molecule has 0 atom stereocenters. The van der Waals surface area contributed by atoms with E-state index in [1.807, 2.05) is 42.5 Å². The van der Waals surface area contributed by atoms with Crippen molar-refractivity contribution in [2.45, 2.75) is 6.92 Å². The second kappa shape index (κ2) is 10.1. The number of aryl methyl sites for hydroxylation is 1. The molecule has 5 aromatic heterocycles. The van der Waals surface area contributed by atoms with Gasteiger partial charge >= 0.3 is 0 Å². The number of nitrogens with zero attached hydrogens (tertiary/aromatic N) is 7. The van der Waals surface area contributed by atoms with Gasteiger partial charge in [-0.1, -0.05) is 0 Å². The van der Waals surface area contributed by atoms with E-state index in [-0.39, 0.29) is 0 Å². The molecule has 0 fully saturated rings. The van der Waals surface area contributed by atoms with Gasteiger partial charge in [0.05, 0.1) is 16.1 Å². The van der Waals surface area contributed by atoms with Gasteiger partial charge in [0.15, 0.2) is 5.82 Å². The van der Waals surface area contributed by atoms with Gasteiger partial charge in [0.1, 0.15) is 22.5 Å². The molecular weight excluding hydrogens is 498 g/mol. The van der Waals surface area contributed by atoms with E-state index in [1.54, 1.807) is 43.2 Å². The van der Waals surface area contributed by atoms with Gasteiger partial charge in [-0.15, -0.1) is 21.5 Å². The predicted octanol–water partition coefficient (Wildman–Crippen LogP) is 5.89. The Balaban J connectivity index is 1.25. The van der Waals surface area contributed by atoms with Gasteiger partial charge in [0.2, 0.25) is 11.8 Å². The molecule has 6 aromatic rings. The average molecular weight is 520 g/mol. The van der Waals surface area contributed by atoms with Gasteiger partial charge in [-0.3, -0.25) is 4.98 Å². The molecule has 0 saturated carbocycles. The third kappa shape index (κ3) is 4.70. The molecule has 0 radical (unpaired) electrons. The van der Waals surface area contributed by atoms with Crippen molar-refractivity contribution in [3.8, 4) is 33.5 Å². The highest BCUT2D eigenvalue weighted by molar-refractivity contribution is 7.13. The zero-order chi connectivity index (χ0) is 25.9. The average Bonchev–Trinajstić information content (AvgIpc) is 3.40. The fourth-order valence-electron chi connectivity index (χ4n) is 3.84. The Morgan fingerprint density at radius 1 is 0.842 bits per heavy atom. The number of aromatic nitrogens is 7. The van der Waals surface area contributed by atoms with E-state index in [9.17, 15) is 0 Å². The number of ether oxygens (including phenoxy) is 1. The molecule has 0 saturated heterocycles. The van der Waals surface area contributed by atoms with Crippen LogP contribution >= 0.6 is 11.3 Å². The van der Waals surface area contributed by atoms with Gasteiger partial charge in [-0.25, -0.2) is 19.9 Å². The highest BCUT2D eigenvalue weighted by Gasteiger charge is 2.15. The number of benzene rings is 1. The maximum absolute atomic E-state index is 6.11.